The van der Waals surface area contributed by atoms with E-state index in [0.717, 1.165) is 11.1 Å². The fourth-order valence-electron chi connectivity index (χ4n) is 2.46. The van der Waals surface area contributed by atoms with E-state index >= 15 is 0 Å². The molecule has 3 amide bonds. The van der Waals surface area contributed by atoms with Crippen molar-refractivity contribution in [2.24, 2.45) is 5.73 Å². The molecule has 0 atom stereocenters. The van der Waals surface area contributed by atoms with Crippen molar-refractivity contribution in [1.82, 2.24) is 9.88 Å². The molecule has 1 aliphatic heterocycles. The van der Waals surface area contributed by atoms with Crippen molar-refractivity contribution < 1.29 is 28.8 Å². The van der Waals surface area contributed by atoms with Gasteiger partial charge in [0.1, 0.15) is 12.7 Å². The summed E-state index contributed by atoms with van der Waals surface area (Å²) in [7, 11) is 1.41. The van der Waals surface area contributed by atoms with Crippen LogP contribution in [-0.4, -0.2) is 45.5 Å². The largest absolute Gasteiger partial charge is 0.493 e. The first-order valence-corrected chi connectivity index (χ1v) is 9.10. The Labute approximate surface area is 173 Å². The normalized spacial score (nSPS) is 14.8. The van der Waals surface area contributed by atoms with Crippen molar-refractivity contribution in [2.45, 2.75) is 0 Å². The minimum absolute atomic E-state index is 0.124. The van der Waals surface area contributed by atoms with Crippen molar-refractivity contribution in [3.8, 4) is 17.4 Å². The Morgan fingerprint density at radius 3 is 2.67 bits per heavy atom. The fourth-order valence-corrected chi connectivity index (χ4v) is 3.29. The van der Waals surface area contributed by atoms with E-state index in [1.807, 2.05) is 0 Å². The summed E-state index contributed by atoms with van der Waals surface area (Å²) in [5.41, 5.74) is 5.42. The molecule has 1 fully saturated rings. The maximum absolute atomic E-state index is 12.3. The lowest BCUT2D eigenvalue weighted by Crippen LogP contribution is -2.36. The summed E-state index contributed by atoms with van der Waals surface area (Å²) < 4.78 is 10.9. The van der Waals surface area contributed by atoms with E-state index in [0.29, 0.717) is 23.1 Å². The van der Waals surface area contributed by atoms with Crippen molar-refractivity contribution in [2.75, 3.05) is 13.7 Å². The molecule has 0 saturated carbocycles. The first kappa shape index (κ1) is 20.8. The molecule has 154 valence electrons. The van der Waals surface area contributed by atoms with Crippen molar-refractivity contribution in [3.05, 3.63) is 57.1 Å². The third-order valence-corrected chi connectivity index (χ3v) is 4.73. The van der Waals surface area contributed by atoms with Gasteiger partial charge in [-0.05, 0) is 35.5 Å². The van der Waals surface area contributed by atoms with E-state index in [-0.39, 0.29) is 22.2 Å². The third-order valence-electron chi connectivity index (χ3n) is 3.82. The summed E-state index contributed by atoms with van der Waals surface area (Å²) in [6.45, 7) is -0.486. The monoisotopic (exact) mass is 430 g/mol. The van der Waals surface area contributed by atoms with Gasteiger partial charge in [-0.2, -0.15) is 0 Å². The number of carbonyl (C=O) groups is 3. The van der Waals surface area contributed by atoms with Crippen LogP contribution in [0.15, 0.2) is 41.4 Å². The van der Waals surface area contributed by atoms with Gasteiger partial charge in [-0.15, -0.1) is 0 Å². The molecule has 2 N–H and O–H groups in total. The Kier molecular flexibility index (Phi) is 5.97. The number of imide groups is 1. The van der Waals surface area contributed by atoms with Crippen LogP contribution in [0.2, 0.25) is 0 Å². The number of primary amides is 1. The maximum atomic E-state index is 12.3. The molecule has 3 rings (SSSR count). The minimum Gasteiger partial charge on any atom is -0.493 e. The molecule has 1 aliphatic rings. The number of amides is 3. The molecule has 0 radical (unpaired) electrons. The number of nitro groups is 1. The Hall–Kier alpha value is -3.93. The number of pyridine rings is 1. The van der Waals surface area contributed by atoms with E-state index in [2.05, 4.69) is 4.98 Å². The summed E-state index contributed by atoms with van der Waals surface area (Å²) in [5.74, 6) is -0.683. The minimum atomic E-state index is -0.790. The molecule has 0 spiro atoms. The Morgan fingerprint density at radius 2 is 2.07 bits per heavy atom. The zero-order valence-electron chi connectivity index (χ0n) is 15.4. The van der Waals surface area contributed by atoms with Gasteiger partial charge in [0.05, 0.1) is 16.9 Å². The number of hydrogen-bond donors (Lipinski definition) is 1. The van der Waals surface area contributed by atoms with Crippen LogP contribution in [0.4, 0.5) is 10.5 Å². The van der Waals surface area contributed by atoms with Gasteiger partial charge >= 0.3 is 0 Å². The Balaban J connectivity index is 1.81. The second kappa shape index (κ2) is 8.61. The van der Waals surface area contributed by atoms with Gasteiger partial charge in [-0.3, -0.25) is 29.4 Å². The predicted molar refractivity (Wildman–Crippen MR) is 106 cm³/mol. The molecule has 2 heterocycles. The predicted octanol–water partition coefficient (Wildman–Crippen LogP) is 2.31. The van der Waals surface area contributed by atoms with E-state index in [1.165, 1.54) is 25.3 Å². The van der Waals surface area contributed by atoms with Gasteiger partial charge in [0.15, 0.2) is 11.5 Å². The average molecular weight is 430 g/mol. The number of thioether (sulfide) groups is 1. The lowest BCUT2D eigenvalue weighted by Gasteiger charge is -2.10. The van der Waals surface area contributed by atoms with Crippen molar-refractivity contribution in [1.29, 1.82) is 0 Å². The highest BCUT2D eigenvalue weighted by Gasteiger charge is 2.35. The first-order chi connectivity index (χ1) is 14.3. The number of hydrogen-bond acceptors (Lipinski definition) is 9. The first-order valence-electron chi connectivity index (χ1n) is 8.28. The van der Waals surface area contributed by atoms with Crippen LogP contribution in [0.5, 0.6) is 17.4 Å². The number of methoxy groups -OCH3 is 1. The second-order valence-corrected chi connectivity index (χ2v) is 6.85. The van der Waals surface area contributed by atoms with Crippen LogP contribution in [0.3, 0.4) is 0 Å². The molecular weight excluding hydrogens is 416 g/mol. The molecule has 12 heteroatoms. The van der Waals surface area contributed by atoms with Gasteiger partial charge in [0, 0.05) is 12.1 Å². The SMILES string of the molecule is COc1cc(/C=C2\SC(=O)N(CC(N)=O)C2=O)ccc1Oc1ccc([N+](=O)[O-])cn1. The van der Waals surface area contributed by atoms with Crippen LogP contribution in [-0.2, 0) is 9.59 Å². The van der Waals surface area contributed by atoms with Crippen LogP contribution >= 0.6 is 11.8 Å². The number of rotatable bonds is 7. The Bertz CT molecular complexity index is 1070. The van der Waals surface area contributed by atoms with Crippen LogP contribution in [0.25, 0.3) is 6.08 Å². The summed E-state index contributed by atoms with van der Waals surface area (Å²) in [5, 5.41) is 10.1. The van der Waals surface area contributed by atoms with Gasteiger partial charge in [-0.1, -0.05) is 6.07 Å². The smallest absolute Gasteiger partial charge is 0.294 e. The molecular formula is C18H14N4O7S. The quantitative estimate of drug-likeness (QED) is 0.396. The van der Waals surface area contributed by atoms with E-state index < -0.39 is 28.5 Å². The molecule has 1 aromatic carbocycles. The van der Waals surface area contributed by atoms with E-state index in [9.17, 15) is 24.5 Å². The van der Waals surface area contributed by atoms with Crippen LogP contribution in [0, 0.1) is 10.1 Å². The molecule has 30 heavy (non-hydrogen) atoms. The molecule has 0 aliphatic carbocycles. The summed E-state index contributed by atoms with van der Waals surface area (Å²) >= 11 is 0.696. The second-order valence-electron chi connectivity index (χ2n) is 5.86. The van der Waals surface area contributed by atoms with Crippen molar-refractivity contribution in [3.63, 3.8) is 0 Å². The summed E-state index contributed by atoms with van der Waals surface area (Å²) in [6, 6.07) is 7.35. The lowest BCUT2D eigenvalue weighted by atomic mass is 10.2. The zero-order valence-corrected chi connectivity index (χ0v) is 16.3. The molecule has 1 aromatic heterocycles. The number of aromatic nitrogens is 1. The molecule has 0 bridgehead atoms. The summed E-state index contributed by atoms with van der Waals surface area (Å²) in [4.78, 5) is 50.1. The fraction of sp³-hybridized carbons (Fsp3) is 0.111. The summed E-state index contributed by atoms with van der Waals surface area (Å²) in [6.07, 6.45) is 2.54. The zero-order chi connectivity index (χ0) is 21.8. The van der Waals surface area contributed by atoms with E-state index in [4.69, 9.17) is 15.2 Å². The van der Waals surface area contributed by atoms with Gasteiger partial charge in [0.25, 0.3) is 16.8 Å². The topological polar surface area (TPSA) is 155 Å². The number of nitrogens with two attached hydrogens (primary N) is 1. The number of carbonyl (C=O) groups excluding carboxylic acids is 3. The molecule has 1 saturated heterocycles. The standard InChI is InChI=1S/C18H14N4O7S/c1-28-13-6-10(7-14-17(24)21(9-15(19)23)18(25)30-14)2-4-12(13)29-16-5-3-11(8-20-16)22(26)27/h2-8H,9H2,1H3,(H2,19,23)/b14-7-. The number of nitrogens with zero attached hydrogens (tertiary/aromatic N) is 3. The van der Waals surface area contributed by atoms with Crippen molar-refractivity contribution >= 4 is 40.6 Å². The highest BCUT2D eigenvalue weighted by Crippen LogP contribution is 2.35. The van der Waals surface area contributed by atoms with Gasteiger partial charge in [0.2, 0.25) is 11.8 Å². The lowest BCUT2D eigenvalue weighted by molar-refractivity contribution is -0.385. The highest BCUT2D eigenvalue weighted by molar-refractivity contribution is 8.18. The molecule has 2 aromatic rings. The highest BCUT2D eigenvalue weighted by atomic mass is 32.2. The number of benzene rings is 1. The Morgan fingerprint density at radius 1 is 1.30 bits per heavy atom. The van der Waals surface area contributed by atoms with Crippen LogP contribution < -0.4 is 15.2 Å². The van der Waals surface area contributed by atoms with Gasteiger partial charge in [-0.25, -0.2) is 4.98 Å². The molecule has 0 unspecified atom stereocenters. The average Bonchev–Trinajstić information content (AvgIpc) is 2.96. The third kappa shape index (κ3) is 4.55. The van der Waals surface area contributed by atoms with Gasteiger partial charge < -0.3 is 15.2 Å². The van der Waals surface area contributed by atoms with E-state index in [1.54, 1.807) is 18.2 Å². The van der Waals surface area contributed by atoms with Crippen LogP contribution in [0.1, 0.15) is 5.56 Å². The number of ether oxygens (including phenoxy) is 2. The molecule has 11 nitrogen and oxygen atoms in total. The maximum Gasteiger partial charge on any atom is 0.294 e.